The van der Waals surface area contributed by atoms with E-state index in [4.69, 9.17) is 0 Å². The van der Waals surface area contributed by atoms with Gasteiger partial charge in [0.2, 0.25) is 0 Å². The quantitative estimate of drug-likeness (QED) is 0.283. The number of aromatic nitrogens is 2. The number of benzene rings is 2. The molecule has 0 bridgehead atoms. The molecule has 1 saturated heterocycles. The Labute approximate surface area is 215 Å². The van der Waals surface area contributed by atoms with Gasteiger partial charge in [-0.1, -0.05) is 57.2 Å². The van der Waals surface area contributed by atoms with Gasteiger partial charge in [-0.2, -0.15) is 0 Å². The van der Waals surface area contributed by atoms with Crippen LogP contribution >= 0.6 is 0 Å². The molecule has 36 heavy (non-hydrogen) atoms. The summed E-state index contributed by atoms with van der Waals surface area (Å²) in [7, 11) is 2.28. The number of piperidine rings is 1. The molecule has 2 aliphatic rings. The molecule has 1 aliphatic heterocycles. The number of aryl methyl sites for hydroxylation is 1. The van der Waals surface area contributed by atoms with Crippen molar-refractivity contribution >= 4 is 22.4 Å². The van der Waals surface area contributed by atoms with Gasteiger partial charge in [-0.25, -0.2) is 4.98 Å². The monoisotopic (exact) mass is 478 g/mol. The van der Waals surface area contributed by atoms with Crippen LogP contribution in [0.25, 0.3) is 22.2 Å². The van der Waals surface area contributed by atoms with Crippen LogP contribution in [-0.4, -0.2) is 36.1 Å². The van der Waals surface area contributed by atoms with Crippen molar-refractivity contribution in [3.8, 4) is 11.1 Å². The van der Waals surface area contributed by atoms with E-state index in [2.05, 4.69) is 96.1 Å². The Hall–Kier alpha value is -3.27. The summed E-state index contributed by atoms with van der Waals surface area (Å²) in [4.78, 5) is 13.1. The van der Waals surface area contributed by atoms with Gasteiger partial charge in [0, 0.05) is 61.8 Å². The van der Waals surface area contributed by atoms with Crippen molar-refractivity contribution in [3.05, 3.63) is 77.6 Å². The second kappa shape index (κ2) is 9.31. The standard InChI is InChI=1S/C32H38N4/c1-21(2)9-10-23-11-12-26-25-8-6-5-7-24(25)19-28(26)31(23)36-18-15-22(3)30(20-36)35(4)29-14-17-34-32-27(29)13-16-33-32/h5-8,11-14,16-17,21-22,30H,9-10,15,18-20H2,1-4H3,(H,33,34)/t22-,30+/m1/s1. The minimum atomic E-state index is 0.442. The fourth-order valence-electron chi connectivity index (χ4n) is 6.47. The van der Waals surface area contributed by atoms with E-state index in [-0.39, 0.29) is 0 Å². The number of hydrogen-bond donors (Lipinski definition) is 1. The summed E-state index contributed by atoms with van der Waals surface area (Å²) in [5.41, 5.74) is 11.2. The fourth-order valence-corrected chi connectivity index (χ4v) is 6.47. The molecular weight excluding hydrogens is 440 g/mol. The Kier molecular flexibility index (Phi) is 5.99. The maximum Gasteiger partial charge on any atom is 0.139 e. The molecule has 2 aromatic carbocycles. The minimum Gasteiger partial charge on any atom is -0.369 e. The van der Waals surface area contributed by atoms with E-state index >= 15 is 0 Å². The van der Waals surface area contributed by atoms with Gasteiger partial charge in [0.1, 0.15) is 5.65 Å². The molecule has 4 heteroatoms. The van der Waals surface area contributed by atoms with E-state index < -0.39 is 0 Å². The molecule has 0 spiro atoms. The van der Waals surface area contributed by atoms with Crippen molar-refractivity contribution in [2.75, 3.05) is 29.9 Å². The first-order valence-corrected chi connectivity index (χ1v) is 13.6. The Morgan fingerprint density at radius 1 is 1.08 bits per heavy atom. The lowest BCUT2D eigenvalue weighted by molar-refractivity contribution is 0.367. The number of aromatic amines is 1. The van der Waals surface area contributed by atoms with Crippen LogP contribution in [0.5, 0.6) is 0 Å². The van der Waals surface area contributed by atoms with Gasteiger partial charge in [-0.15, -0.1) is 0 Å². The number of hydrogen-bond acceptors (Lipinski definition) is 3. The molecule has 186 valence electrons. The number of nitrogens with zero attached hydrogens (tertiary/aromatic N) is 3. The Morgan fingerprint density at radius 3 is 2.81 bits per heavy atom. The van der Waals surface area contributed by atoms with Crippen molar-refractivity contribution in [1.29, 1.82) is 0 Å². The fraction of sp³-hybridized carbons (Fsp3) is 0.406. The van der Waals surface area contributed by atoms with Crippen LogP contribution in [-0.2, 0) is 12.8 Å². The van der Waals surface area contributed by atoms with Gasteiger partial charge in [-0.05, 0) is 71.0 Å². The molecule has 3 heterocycles. The van der Waals surface area contributed by atoms with Crippen LogP contribution in [0.3, 0.4) is 0 Å². The van der Waals surface area contributed by atoms with E-state index in [9.17, 15) is 0 Å². The van der Waals surface area contributed by atoms with Crippen LogP contribution < -0.4 is 9.80 Å². The van der Waals surface area contributed by atoms with Crippen LogP contribution in [0.4, 0.5) is 11.4 Å². The van der Waals surface area contributed by atoms with Crippen molar-refractivity contribution < 1.29 is 0 Å². The van der Waals surface area contributed by atoms with Gasteiger partial charge in [-0.3, -0.25) is 0 Å². The smallest absolute Gasteiger partial charge is 0.139 e. The zero-order valence-electron chi connectivity index (χ0n) is 22.1. The van der Waals surface area contributed by atoms with Crippen molar-refractivity contribution in [3.63, 3.8) is 0 Å². The summed E-state index contributed by atoms with van der Waals surface area (Å²) >= 11 is 0. The second-order valence-electron chi connectivity index (χ2n) is 11.3. The molecule has 0 unspecified atom stereocenters. The highest BCUT2D eigenvalue weighted by molar-refractivity contribution is 5.90. The van der Waals surface area contributed by atoms with E-state index in [1.807, 2.05) is 12.4 Å². The molecule has 2 aromatic heterocycles. The molecule has 6 rings (SSSR count). The molecule has 1 aliphatic carbocycles. The predicted molar refractivity (Wildman–Crippen MR) is 152 cm³/mol. The molecule has 1 fully saturated rings. The van der Waals surface area contributed by atoms with Crippen LogP contribution in [0.2, 0.25) is 0 Å². The van der Waals surface area contributed by atoms with Crippen molar-refractivity contribution in [2.24, 2.45) is 11.8 Å². The third-order valence-corrected chi connectivity index (χ3v) is 8.58. The number of H-pyrrole nitrogens is 1. The van der Waals surface area contributed by atoms with Crippen LogP contribution in [0, 0.1) is 11.8 Å². The SMILES string of the molecule is CC(C)CCc1ccc2c(c1N1CC[C@@H](C)[C@@H](N(C)c3ccnc4[nH]ccc34)C1)Cc1ccccc1-2. The first-order chi connectivity index (χ1) is 17.5. The summed E-state index contributed by atoms with van der Waals surface area (Å²) in [5, 5.41) is 1.21. The van der Waals surface area contributed by atoms with E-state index in [1.54, 1.807) is 5.56 Å². The first-order valence-electron chi connectivity index (χ1n) is 13.6. The maximum absolute atomic E-state index is 4.52. The van der Waals surface area contributed by atoms with Crippen molar-refractivity contribution in [1.82, 2.24) is 9.97 Å². The first kappa shape index (κ1) is 23.1. The molecule has 1 N–H and O–H groups in total. The Balaban J connectivity index is 1.38. The zero-order chi connectivity index (χ0) is 24.8. The summed E-state index contributed by atoms with van der Waals surface area (Å²) in [6.07, 6.45) is 8.57. The van der Waals surface area contributed by atoms with Crippen molar-refractivity contribution in [2.45, 2.75) is 52.5 Å². The number of anilines is 2. The van der Waals surface area contributed by atoms with E-state index in [0.717, 1.165) is 31.6 Å². The average Bonchev–Trinajstić information content (AvgIpc) is 3.51. The third-order valence-electron chi connectivity index (χ3n) is 8.58. The van der Waals surface area contributed by atoms with Gasteiger partial charge in [0.15, 0.2) is 0 Å². The highest BCUT2D eigenvalue weighted by Crippen LogP contribution is 2.44. The zero-order valence-corrected chi connectivity index (χ0v) is 22.1. The summed E-state index contributed by atoms with van der Waals surface area (Å²) in [6, 6.07) is 18.6. The highest BCUT2D eigenvalue weighted by atomic mass is 15.2. The van der Waals surface area contributed by atoms with E-state index in [1.165, 1.54) is 51.9 Å². The van der Waals surface area contributed by atoms with E-state index in [0.29, 0.717) is 17.9 Å². The molecule has 4 aromatic rings. The average molecular weight is 479 g/mol. The number of rotatable bonds is 6. The maximum atomic E-state index is 4.52. The second-order valence-corrected chi connectivity index (χ2v) is 11.3. The minimum absolute atomic E-state index is 0.442. The molecule has 0 radical (unpaired) electrons. The third kappa shape index (κ3) is 3.97. The summed E-state index contributed by atoms with van der Waals surface area (Å²) < 4.78 is 0. The summed E-state index contributed by atoms with van der Waals surface area (Å²) in [5.74, 6) is 1.33. The molecular formula is C32H38N4. The van der Waals surface area contributed by atoms with Gasteiger partial charge in [0.25, 0.3) is 0 Å². The lowest BCUT2D eigenvalue weighted by Gasteiger charge is -2.44. The van der Waals surface area contributed by atoms with Crippen LogP contribution in [0.1, 0.15) is 50.3 Å². The normalized spacial score (nSPS) is 19.1. The summed E-state index contributed by atoms with van der Waals surface area (Å²) in [6.45, 7) is 9.29. The molecule has 2 atom stereocenters. The van der Waals surface area contributed by atoms with Gasteiger partial charge in [0.05, 0.1) is 0 Å². The molecule has 0 saturated carbocycles. The largest absolute Gasteiger partial charge is 0.369 e. The number of likely N-dealkylation sites (N-methyl/N-ethyl adjacent to an activating group) is 1. The van der Waals surface area contributed by atoms with Gasteiger partial charge < -0.3 is 14.8 Å². The number of fused-ring (bicyclic) bond motifs is 4. The molecule has 0 amide bonds. The Bertz CT molecular complexity index is 1380. The lowest BCUT2D eigenvalue weighted by Crippen LogP contribution is -2.51. The predicted octanol–water partition coefficient (Wildman–Crippen LogP) is 7.07. The van der Waals surface area contributed by atoms with Crippen LogP contribution in [0.15, 0.2) is 60.9 Å². The molecule has 4 nitrogen and oxygen atoms in total. The van der Waals surface area contributed by atoms with Gasteiger partial charge >= 0.3 is 0 Å². The lowest BCUT2D eigenvalue weighted by atomic mass is 9.89. The topological polar surface area (TPSA) is 35.2 Å². The highest BCUT2D eigenvalue weighted by Gasteiger charge is 2.33. The Morgan fingerprint density at radius 2 is 1.94 bits per heavy atom. The number of nitrogens with one attached hydrogen (secondary N) is 1. The number of pyridine rings is 1.